The van der Waals surface area contributed by atoms with E-state index in [9.17, 15) is 10.3 Å². The topological polar surface area (TPSA) is 77.0 Å². The van der Waals surface area contributed by atoms with Crippen LogP contribution in [-0.4, -0.2) is 34.0 Å². The molecule has 1 aliphatic heterocycles. The molecule has 2 atom stereocenters. The highest BCUT2D eigenvalue weighted by atomic mass is 16.7. The van der Waals surface area contributed by atoms with Gasteiger partial charge < -0.3 is 25.7 Å². The summed E-state index contributed by atoms with van der Waals surface area (Å²) in [6.07, 6.45) is -0.891. The van der Waals surface area contributed by atoms with E-state index in [1.807, 2.05) is 42.5 Å². The maximum Gasteiger partial charge on any atom is 0.327 e. The fraction of sp³-hybridized carbons (Fsp3) is 0.250. The van der Waals surface area contributed by atoms with E-state index >= 15 is 0 Å². The Labute approximate surface area is 128 Å². The van der Waals surface area contributed by atoms with Gasteiger partial charge in [-0.3, -0.25) is 0 Å². The number of hydrogen-bond acceptors (Lipinski definition) is 6. The third-order valence-corrected chi connectivity index (χ3v) is 3.50. The van der Waals surface area contributed by atoms with Gasteiger partial charge in [-0.1, -0.05) is 24.3 Å². The molecule has 2 bridgehead atoms. The number of hydrogen-bond donors (Lipinski definition) is 4. The molecule has 2 unspecified atom stereocenters. The molecule has 6 nitrogen and oxygen atoms in total. The van der Waals surface area contributed by atoms with Gasteiger partial charge in [0, 0.05) is 17.9 Å². The molecule has 2 aromatic rings. The van der Waals surface area contributed by atoms with Crippen molar-refractivity contribution in [2.45, 2.75) is 19.0 Å². The predicted octanol–water partition coefficient (Wildman–Crippen LogP) is 2.29. The molecule has 0 aliphatic carbocycles. The molecule has 3 rings (SSSR count). The van der Waals surface area contributed by atoms with E-state index in [0.29, 0.717) is 18.0 Å². The van der Waals surface area contributed by atoms with E-state index < -0.39 is 12.1 Å². The van der Waals surface area contributed by atoms with E-state index in [4.69, 9.17) is 4.74 Å². The summed E-state index contributed by atoms with van der Waals surface area (Å²) in [5.41, 5.74) is 1.46. The SMILES string of the molecule is CCN(O)C1Nc2cccc(c2)NC1(O)Oc1ccccc1. The number of benzene rings is 2. The number of fused-ring (bicyclic) bond motifs is 2. The molecule has 6 heteroatoms. The van der Waals surface area contributed by atoms with Crippen LogP contribution in [0.3, 0.4) is 0 Å². The minimum absolute atomic E-state index is 0.315. The second-order valence-electron chi connectivity index (χ2n) is 5.12. The van der Waals surface area contributed by atoms with E-state index in [1.165, 1.54) is 0 Å². The molecule has 22 heavy (non-hydrogen) atoms. The normalized spacial score (nSPS) is 23.4. The van der Waals surface area contributed by atoms with Crippen molar-refractivity contribution in [1.29, 1.82) is 0 Å². The molecular formula is C16H19N3O3. The number of hydroxylamine groups is 2. The number of ether oxygens (including phenoxy) is 1. The molecule has 116 valence electrons. The van der Waals surface area contributed by atoms with Crippen molar-refractivity contribution >= 4 is 11.4 Å². The van der Waals surface area contributed by atoms with Crippen molar-refractivity contribution in [3.05, 3.63) is 54.6 Å². The number of para-hydroxylation sites is 1. The second-order valence-corrected chi connectivity index (χ2v) is 5.12. The first-order valence-electron chi connectivity index (χ1n) is 7.17. The zero-order valence-corrected chi connectivity index (χ0v) is 12.2. The maximum atomic E-state index is 11.0. The quantitative estimate of drug-likeness (QED) is 0.513. The van der Waals surface area contributed by atoms with Crippen molar-refractivity contribution in [1.82, 2.24) is 5.06 Å². The first-order chi connectivity index (χ1) is 10.6. The van der Waals surface area contributed by atoms with Gasteiger partial charge in [0.15, 0.2) is 6.17 Å². The van der Waals surface area contributed by atoms with Crippen molar-refractivity contribution < 1.29 is 15.1 Å². The summed E-state index contributed by atoms with van der Waals surface area (Å²) in [5.74, 6) is -1.36. The summed E-state index contributed by atoms with van der Waals surface area (Å²) in [4.78, 5) is 0. The zero-order valence-electron chi connectivity index (χ0n) is 12.2. The van der Waals surface area contributed by atoms with Gasteiger partial charge in [0.05, 0.1) is 0 Å². The van der Waals surface area contributed by atoms with E-state index in [1.54, 1.807) is 19.1 Å². The van der Waals surface area contributed by atoms with Gasteiger partial charge in [-0.15, -0.1) is 0 Å². The molecule has 0 amide bonds. The van der Waals surface area contributed by atoms with Crippen LogP contribution in [0.2, 0.25) is 0 Å². The Balaban J connectivity index is 1.96. The summed E-state index contributed by atoms with van der Waals surface area (Å²) in [7, 11) is 0. The van der Waals surface area contributed by atoms with Crippen molar-refractivity contribution in [2.24, 2.45) is 0 Å². The molecule has 0 fully saturated rings. The van der Waals surface area contributed by atoms with Crippen LogP contribution in [0.5, 0.6) is 5.75 Å². The van der Waals surface area contributed by atoms with E-state index in [-0.39, 0.29) is 0 Å². The van der Waals surface area contributed by atoms with E-state index in [2.05, 4.69) is 10.6 Å². The molecule has 0 radical (unpaired) electrons. The molecule has 0 saturated heterocycles. The fourth-order valence-corrected chi connectivity index (χ4v) is 2.43. The van der Waals surface area contributed by atoms with Crippen LogP contribution >= 0.6 is 0 Å². The summed E-state index contributed by atoms with van der Waals surface area (Å²) in [6.45, 7) is 2.10. The highest BCUT2D eigenvalue weighted by Crippen LogP contribution is 2.30. The smallest absolute Gasteiger partial charge is 0.327 e. The minimum atomic E-state index is -1.85. The lowest BCUT2D eigenvalue weighted by Gasteiger charge is -2.38. The third kappa shape index (κ3) is 2.85. The van der Waals surface area contributed by atoms with Crippen LogP contribution in [0.15, 0.2) is 54.6 Å². The standard InChI is InChI=1S/C16H19N3O3/c1-2-19(21)15-16(20,22-14-9-4-3-5-10-14)18-13-8-6-7-12(11-13)17-15/h3-11,15,17-18,20-21H,2H2,1H3. The Morgan fingerprint density at radius 1 is 1.14 bits per heavy atom. The summed E-state index contributed by atoms with van der Waals surface area (Å²) >= 11 is 0. The van der Waals surface area contributed by atoms with Crippen LogP contribution in [0.4, 0.5) is 11.4 Å². The van der Waals surface area contributed by atoms with Crippen LogP contribution in [-0.2, 0) is 0 Å². The van der Waals surface area contributed by atoms with Crippen LogP contribution < -0.4 is 15.4 Å². The average molecular weight is 301 g/mol. The van der Waals surface area contributed by atoms with Gasteiger partial charge in [0.1, 0.15) is 5.75 Å². The first kappa shape index (κ1) is 14.6. The lowest BCUT2D eigenvalue weighted by Crippen LogP contribution is -2.63. The molecule has 2 aromatic carbocycles. The van der Waals surface area contributed by atoms with Gasteiger partial charge in [0.2, 0.25) is 0 Å². The minimum Gasteiger partial charge on any atom is -0.442 e. The van der Waals surface area contributed by atoms with Crippen LogP contribution in [0, 0.1) is 0 Å². The number of nitrogens with zero attached hydrogens (tertiary/aromatic N) is 1. The summed E-state index contributed by atoms with van der Waals surface area (Å²) in [5, 5.41) is 28.2. The Bertz CT molecular complexity index is 638. The largest absolute Gasteiger partial charge is 0.442 e. The number of likely N-dealkylation sites (N-methyl/N-ethyl adjacent to an activating group) is 1. The number of anilines is 2. The Morgan fingerprint density at radius 2 is 1.86 bits per heavy atom. The lowest BCUT2D eigenvalue weighted by atomic mass is 10.3. The van der Waals surface area contributed by atoms with Crippen molar-refractivity contribution in [3.8, 4) is 5.75 Å². The van der Waals surface area contributed by atoms with Gasteiger partial charge >= 0.3 is 5.91 Å². The molecule has 4 N–H and O–H groups in total. The maximum absolute atomic E-state index is 11.0. The monoisotopic (exact) mass is 301 g/mol. The van der Waals surface area contributed by atoms with Crippen LogP contribution in [0.25, 0.3) is 0 Å². The molecule has 0 aromatic heterocycles. The molecule has 1 heterocycles. The summed E-state index contributed by atoms with van der Waals surface area (Å²) in [6, 6.07) is 16.3. The number of nitrogens with one attached hydrogen (secondary N) is 2. The molecule has 0 saturated carbocycles. The Hall–Kier alpha value is -2.28. The lowest BCUT2D eigenvalue weighted by molar-refractivity contribution is -0.226. The summed E-state index contributed by atoms with van der Waals surface area (Å²) < 4.78 is 5.74. The van der Waals surface area contributed by atoms with Crippen molar-refractivity contribution in [3.63, 3.8) is 0 Å². The van der Waals surface area contributed by atoms with Gasteiger partial charge in [-0.2, -0.15) is 5.06 Å². The third-order valence-electron chi connectivity index (χ3n) is 3.50. The number of rotatable bonds is 4. The average Bonchev–Trinajstić information content (AvgIpc) is 2.61. The van der Waals surface area contributed by atoms with Gasteiger partial charge in [0.25, 0.3) is 0 Å². The van der Waals surface area contributed by atoms with Crippen LogP contribution in [0.1, 0.15) is 6.92 Å². The van der Waals surface area contributed by atoms with Crippen molar-refractivity contribution in [2.75, 3.05) is 17.2 Å². The molecule has 0 spiro atoms. The Morgan fingerprint density at radius 3 is 2.59 bits per heavy atom. The predicted molar refractivity (Wildman–Crippen MR) is 83.7 cm³/mol. The highest BCUT2D eigenvalue weighted by Gasteiger charge is 2.44. The Kier molecular flexibility index (Phi) is 3.89. The molecular weight excluding hydrogens is 282 g/mol. The highest BCUT2D eigenvalue weighted by molar-refractivity contribution is 5.60. The van der Waals surface area contributed by atoms with Gasteiger partial charge in [-0.05, 0) is 37.3 Å². The zero-order chi connectivity index (χ0) is 15.6. The number of aliphatic hydroxyl groups is 1. The second kappa shape index (κ2) is 5.84. The van der Waals surface area contributed by atoms with E-state index in [0.717, 1.165) is 10.8 Å². The van der Waals surface area contributed by atoms with Gasteiger partial charge in [-0.25, -0.2) is 0 Å². The first-order valence-corrected chi connectivity index (χ1v) is 7.17. The fourth-order valence-electron chi connectivity index (χ4n) is 2.43. The molecule has 1 aliphatic rings.